The molecule has 1 rings (SSSR count). The van der Waals surface area contributed by atoms with Crippen LogP contribution >= 0.6 is 59.1 Å². The van der Waals surface area contributed by atoms with Crippen LogP contribution in [0.25, 0.3) is 0 Å². The molecule has 0 unspecified atom stereocenters. The lowest BCUT2D eigenvalue weighted by atomic mass is 10.3. The second kappa shape index (κ2) is 5.63. The van der Waals surface area contributed by atoms with E-state index in [4.69, 9.17) is 4.74 Å². The Morgan fingerprint density at radius 1 is 1.50 bits per heavy atom. The van der Waals surface area contributed by atoms with Crippen LogP contribution in [0.1, 0.15) is 22.2 Å². The smallest absolute Gasteiger partial charge is 0.349 e. The zero-order valence-corrected chi connectivity index (χ0v) is 12.8. The molecule has 0 aliphatic rings. The average molecular weight is 407 g/mol. The van der Waals surface area contributed by atoms with Gasteiger partial charge in [-0.2, -0.15) is 0 Å². The number of rotatable bonds is 3. The molecule has 0 aromatic carbocycles. The van der Waals surface area contributed by atoms with Crippen molar-refractivity contribution in [3.05, 3.63) is 18.7 Å². The van der Waals surface area contributed by atoms with E-state index in [0.717, 1.165) is 13.8 Å². The molecule has 0 saturated heterocycles. The van der Waals surface area contributed by atoms with Crippen molar-refractivity contribution in [3.63, 3.8) is 0 Å². The number of carbonyl (C=O) groups excluding carboxylic acids is 1. The number of esters is 1. The lowest BCUT2D eigenvalue weighted by Gasteiger charge is -1.98. The first-order valence-corrected chi connectivity index (χ1v) is 7.34. The molecule has 0 saturated carbocycles. The van der Waals surface area contributed by atoms with E-state index in [9.17, 15) is 4.79 Å². The van der Waals surface area contributed by atoms with Crippen LogP contribution in [0.4, 0.5) is 0 Å². The molecule has 0 atom stereocenters. The van der Waals surface area contributed by atoms with Gasteiger partial charge in [-0.1, -0.05) is 15.9 Å². The van der Waals surface area contributed by atoms with Crippen molar-refractivity contribution in [2.24, 2.45) is 0 Å². The fourth-order valence-electron chi connectivity index (χ4n) is 0.858. The van der Waals surface area contributed by atoms with E-state index < -0.39 is 0 Å². The molecule has 0 fully saturated rings. The summed E-state index contributed by atoms with van der Waals surface area (Å²) in [5, 5.41) is 0.698. The Bertz CT molecular complexity index is 349. The molecule has 14 heavy (non-hydrogen) atoms. The fourth-order valence-corrected chi connectivity index (χ4v) is 5.15. The second-order valence-electron chi connectivity index (χ2n) is 2.35. The summed E-state index contributed by atoms with van der Waals surface area (Å²) in [7, 11) is 0. The number of hydrogen-bond acceptors (Lipinski definition) is 3. The zero-order chi connectivity index (χ0) is 10.7. The summed E-state index contributed by atoms with van der Waals surface area (Å²) in [6, 6.07) is 0. The topological polar surface area (TPSA) is 26.3 Å². The van der Waals surface area contributed by atoms with Gasteiger partial charge in [0, 0.05) is 15.4 Å². The Kier molecular flexibility index (Phi) is 5.10. The number of ether oxygens (including phenoxy) is 1. The van der Waals surface area contributed by atoms with Crippen LogP contribution in [0.2, 0.25) is 0 Å². The number of carbonyl (C=O) groups is 1. The van der Waals surface area contributed by atoms with E-state index in [1.807, 2.05) is 0 Å². The lowest BCUT2D eigenvalue weighted by molar-refractivity contribution is 0.0531. The Morgan fingerprint density at radius 2 is 2.14 bits per heavy atom. The Labute approximate surface area is 111 Å². The standard InChI is InChI=1S/C8H7Br3O2S/c1-2-13-8(12)6-5(10)4(3-9)7(11)14-6/h2-3H2,1H3. The highest BCUT2D eigenvalue weighted by molar-refractivity contribution is 9.12. The van der Waals surface area contributed by atoms with Crippen LogP contribution in [0.3, 0.4) is 0 Å². The molecule has 0 bridgehead atoms. The van der Waals surface area contributed by atoms with Crippen LogP contribution in [0.5, 0.6) is 0 Å². The van der Waals surface area contributed by atoms with Crippen LogP contribution in [-0.2, 0) is 10.1 Å². The third kappa shape index (κ3) is 2.59. The zero-order valence-electron chi connectivity index (χ0n) is 7.27. The molecule has 0 aliphatic heterocycles. The molecule has 0 radical (unpaired) electrons. The van der Waals surface area contributed by atoms with Gasteiger partial charge in [-0.25, -0.2) is 4.79 Å². The summed E-state index contributed by atoms with van der Waals surface area (Å²) < 4.78 is 6.69. The van der Waals surface area contributed by atoms with Gasteiger partial charge in [-0.3, -0.25) is 0 Å². The van der Waals surface area contributed by atoms with Crippen molar-refractivity contribution >= 4 is 65.1 Å². The van der Waals surface area contributed by atoms with Crippen molar-refractivity contribution in [1.82, 2.24) is 0 Å². The molecule has 0 aliphatic carbocycles. The number of hydrogen-bond donors (Lipinski definition) is 0. The van der Waals surface area contributed by atoms with E-state index in [2.05, 4.69) is 47.8 Å². The summed E-state index contributed by atoms with van der Waals surface area (Å²) >= 11 is 11.5. The summed E-state index contributed by atoms with van der Waals surface area (Å²) in [6.45, 7) is 2.18. The summed E-state index contributed by atoms with van der Waals surface area (Å²) in [5.74, 6) is -0.280. The molecule has 2 nitrogen and oxygen atoms in total. The van der Waals surface area contributed by atoms with Gasteiger partial charge < -0.3 is 4.74 Å². The molecule has 0 N–H and O–H groups in total. The normalized spacial score (nSPS) is 10.3. The highest BCUT2D eigenvalue weighted by Gasteiger charge is 2.20. The van der Waals surface area contributed by atoms with Gasteiger partial charge in [0.1, 0.15) is 4.88 Å². The summed E-state index contributed by atoms with van der Waals surface area (Å²) in [5.41, 5.74) is 1.04. The van der Waals surface area contributed by atoms with E-state index in [1.54, 1.807) is 6.92 Å². The molecule has 78 valence electrons. The van der Waals surface area contributed by atoms with E-state index in [0.29, 0.717) is 16.8 Å². The largest absolute Gasteiger partial charge is 0.462 e. The molecule has 1 aromatic heterocycles. The summed E-state index contributed by atoms with van der Waals surface area (Å²) in [6.07, 6.45) is 0. The monoisotopic (exact) mass is 404 g/mol. The van der Waals surface area contributed by atoms with Gasteiger partial charge in [-0.15, -0.1) is 11.3 Å². The minimum atomic E-state index is -0.280. The first-order chi connectivity index (χ1) is 6.61. The molecular weight excluding hydrogens is 400 g/mol. The fraction of sp³-hybridized carbons (Fsp3) is 0.375. The molecule has 1 heterocycles. The first kappa shape index (κ1) is 12.7. The number of alkyl halides is 1. The summed E-state index contributed by atoms with van der Waals surface area (Å²) in [4.78, 5) is 12.1. The highest BCUT2D eigenvalue weighted by atomic mass is 79.9. The molecule has 0 amide bonds. The van der Waals surface area contributed by atoms with Crippen molar-refractivity contribution in [1.29, 1.82) is 0 Å². The third-order valence-electron chi connectivity index (χ3n) is 1.49. The van der Waals surface area contributed by atoms with Gasteiger partial charge >= 0.3 is 5.97 Å². The van der Waals surface area contributed by atoms with Crippen LogP contribution in [0.15, 0.2) is 8.26 Å². The molecule has 1 aromatic rings. The number of halogens is 3. The molecule has 6 heteroatoms. The van der Waals surface area contributed by atoms with Crippen LogP contribution in [0, 0.1) is 0 Å². The Balaban J connectivity index is 3.04. The average Bonchev–Trinajstić information content (AvgIpc) is 2.42. The van der Waals surface area contributed by atoms with E-state index in [1.165, 1.54) is 11.3 Å². The van der Waals surface area contributed by atoms with Crippen molar-refractivity contribution in [3.8, 4) is 0 Å². The Morgan fingerprint density at radius 3 is 2.57 bits per heavy atom. The van der Waals surface area contributed by atoms with Gasteiger partial charge in [0.15, 0.2) is 0 Å². The van der Waals surface area contributed by atoms with E-state index >= 15 is 0 Å². The van der Waals surface area contributed by atoms with Gasteiger partial charge in [0.25, 0.3) is 0 Å². The van der Waals surface area contributed by atoms with Crippen molar-refractivity contribution in [2.45, 2.75) is 12.3 Å². The number of thiophene rings is 1. The Hall–Kier alpha value is 0.610. The van der Waals surface area contributed by atoms with Gasteiger partial charge in [-0.05, 0) is 38.8 Å². The minimum absolute atomic E-state index is 0.280. The SMILES string of the molecule is CCOC(=O)c1sc(Br)c(CBr)c1Br. The van der Waals surface area contributed by atoms with Gasteiger partial charge in [0.05, 0.1) is 10.4 Å². The third-order valence-corrected chi connectivity index (χ3v) is 5.15. The van der Waals surface area contributed by atoms with Crippen molar-refractivity contribution < 1.29 is 9.53 Å². The molecule has 0 spiro atoms. The predicted molar refractivity (Wildman–Crippen MR) is 68.3 cm³/mol. The predicted octanol–water partition coefficient (Wildman–Crippen LogP) is 4.34. The maximum Gasteiger partial charge on any atom is 0.349 e. The van der Waals surface area contributed by atoms with Gasteiger partial charge in [0.2, 0.25) is 0 Å². The first-order valence-electron chi connectivity index (χ1n) is 3.81. The maximum absolute atomic E-state index is 11.5. The quantitative estimate of drug-likeness (QED) is 0.551. The van der Waals surface area contributed by atoms with Crippen molar-refractivity contribution in [2.75, 3.05) is 6.61 Å². The van der Waals surface area contributed by atoms with Crippen LogP contribution < -0.4 is 0 Å². The van der Waals surface area contributed by atoms with Crippen LogP contribution in [-0.4, -0.2) is 12.6 Å². The second-order valence-corrected chi connectivity index (χ2v) is 6.04. The highest BCUT2D eigenvalue weighted by Crippen LogP contribution is 2.38. The van der Waals surface area contributed by atoms with E-state index in [-0.39, 0.29) is 5.97 Å². The minimum Gasteiger partial charge on any atom is -0.462 e. The lowest BCUT2D eigenvalue weighted by Crippen LogP contribution is -2.02. The maximum atomic E-state index is 11.5. The molecular formula is C8H7Br3O2S.